The summed E-state index contributed by atoms with van der Waals surface area (Å²) in [5.74, 6) is -0.0172. The van der Waals surface area contributed by atoms with Crippen LogP contribution in [0.15, 0.2) is 5.16 Å². The summed E-state index contributed by atoms with van der Waals surface area (Å²) >= 11 is 1.37. The van der Waals surface area contributed by atoms with Gasteiger partial charge in [-0.05, 0) is 40.2 Å². The highest BCUT2D eigenvalue weighted by molar-refractivity contribution is 7.99. The number of esters is 1. The number of nitrogens with two attached hydrogens (primary N) is 1. The van der Waals surface area contributed by atoms with Crippen molar-refractivity contribution in [3.8, 4) is 0 Å². The standard InChI is InChI=1S/C13H21N3O2S/c1-6-18-11(17)13(5,14)7-19-12-15-9(3)8(2)10(4)16-12/h6-7,14H2,1-5H3. The molecule has 1 atom stereocenters. The largest absolute Gasteiger partial charge is 0.465 e. The fraction of sp³-hybridized carbons (Fsp3) is 0.615. The van der Waals surface area contributed by atoms with Crippen LogP contribution in [0.2, 0.25) is 0 Å². The Morgan fingerprint density at radius 3 is 2.32 bits per heavy atom. The zero-order valence-electron chi connectivity index (χ0n) is 12.1. The number of thioether (sulfide) groups is 1. The second kappa shape index (κ2) is 6.34. The molecule has 19 heavy (non-hydrogen) atoms. The van der Waals surface area contributed by atoms with Crippen LogP contribution >= 0.6 is 11.8 Å². The van der Waals surface area contributed by atoms with E-state index >= 15 is 0 Å². The highest BCUT2D eigenvalue weighted by Crippen LogP contribution is 2.21. The van der Waals surface area contributed by atoms with Crippen LogP contribution in [0.25, 0.3) is 0 Å². The second-order valence-corrected chi connectivity index (χ2v) is 5.67. The van der Waals surface area contributed by atoms with Crippen LogP contribution in [-0.4, -0.2) is 33.8 Å². The van der Waals surface area contributed by atoms with Gasteiger partial charge in [-0.3, -0.25) is 4.79 Å². The van der Waals surface area contributed by atoms with Gasteiger partial charge in [0.05, 0.1) is 6.61 Å². The Bertz CT molecular complexity index is 452. The predicted molar refractivity (Wildman–Crippen MR) is 76.2 cm³/mol. The molecule has 0 spiro atoms. The molecule has 6 heteroatoms. The first-order chi connectivity index (χ1) is 8.77. The van der Waals surface area contributed by atoms with E-state index in [1.807, 2.05) is 20.8 Å². The van der Waals surface area contributed by atoms with E-state index in [9.17, 15) is 4.79 Å². The fourth-order valence-electron chi connectivity index (χ4n) is 1.38. The van der Waals surface area contributed by atoms with Gasteiger partial charge in [0.1, 0.15) is 5.54 Å². The Labute approximate surface area is 118 Å². The van der Waals surface area contributed by atoms with Gasteiger partial charge >= 0.3 is 5.97 Å². The monoisotopic (exact) mass is 283 g/mol. The van der Waals surface area contributed by atoms with Gasteiger partial charge in [-0.1, -0.05) is 11.8 Å². The number of carbonyl (C=O) groups excluding carboxylic acids is 1. The molecular weight excluding hydrogens is 262 g/mol. The third-order valence-corrected chi connectivity index (χ3v) is 4.04. The number of hydrogen-bond acceptors (Lipinski definition) is 6. The zero-order valence-corrected chi connectivity index (χ0v) is 12.9. The van der Waals surface area contributed by atoms with Crippen molar-refractivity contribution >= 4 is 17.7 Å². The van der Waals surface area contributed by atoms with E-state index in [1.165, 1.54) is 11.8 Å². The predicted octanol–water partition coefficient (Wildman–Crippen LogP) is 1.77. The quantitative estimate of drug-likeness (QED) is 0.504. The van der Waals surface area contributed by atoms with Crippen LogP contribution in [0.1, 0.15) is 30.8 Å². The molecule has 5 nitrogen and oxygen atoms in total. The Morgan fingerprint density at radius 2 is 1.84 bits per heavy atom. The number of ether oxygens (including phenoxy) is 1. The van der Waals surface area contributed by atoms with Gasteiger partial charge in [0, 0.05) is 17.1 Å². The highest BCUT2D eigenvalue weighted by atomic mass is 32.2. The number of carbonyl (C=O) groups is 1. The van der Waals surface area contributed by atoms with E-state index < -0.39 is 11.5 Å². The minimum atomic E-state index is -1.03. The normalized spacial score (nSPS) is 14.0. The lowest BCUT2D eigenvalue weighted by Crippen LogP contribution is -2.48. The minimum Gasteiger partial charge on any atom is -0.465 e. The minimum absolute atomic E-state index is 0.329. The molecule has 106 valence electrons. The summed E-state index contributed by atoms with van der Waals surface area (Å²) in [6.45, 7) is 9.63. The van der Waals surface area contributed by atoms with Crippen molar-refractivity contribution in [1.29, 1.82) is 0 Å². The summed E-state index contributed by atoms with van der Waals surface area (Å²) in [4.78, 5) is 20.4. The molecule has 0 saturated heterocycles. The van der Waals surface area contributed by atoms with Crippen molar-refractivity contribution in [2.75, 3.05) is 12.4 Å². The smallest absolute Gasteiger partial charge is 0.326 e. The van der Waals surface area contributed by atoms with Crippen molar-refractivity contribution in [2.45, 2.75) is 45.3 Å². The molecule has 0 radical (unpaired) electrons. The van der Waals surface area contributed by atoms with E-state index in [-0.39, 0.29) is 0 Å². The van der Waals surface area contributed by atoms with Crippen LogP contribution in [0, 0.1) is 20.8 Å². The second-order valence-electron chi connectivity index (χ2n) is 4.73. The highest BCUT2D eigenvalue weighted by Gasteiger charge is 2.30. The maximum atomic E-state index is 11.7. The molecule has 0 saturated carbocycles. The molecule has 0 aliphatic heterocycles. The summed E-state index contributed by atoms with van der Waals surface area (Å²) in [5, 5.41) is 0.640. The van der Waals surface area contributed by atoms with E-state index in [0.717, 1.165) is 17.0 Å². The lowest BCUT2D eigenvalue weighted by Gasteiger charge is -2.21. The van der Waals surface area contributed by atoms with Crippen LogP contribution in [0.5, 0.6) is 0 Å². The Balaban J connectivity index is 2.74. The van der Waals surface area contributed by atoms with Gasteiger partial charge in [0.2, 0.25) is 0 Å². The molecule has 1 unspecified atom stereocenters. The molecule has 0 amide bonds. The first-order valence-corrected chi connectivity index (χ1v) is 7.17. The van der Waals surface area contributed by atoms with Crippen LogP contribution < -0.4 is 5.73 Å². The summed E-state index contributed by atoms with van der Waals surface area (Å²) in [6, 6.07) is 0. The third kappa shape index (κ3) is 4.18. The van der Waals surface area contributed by atoms with Crippen LogP contribution in [-0.2, 0) is 9.53 Å². The van der Waals surface area contributed by atoms with Crippen molar-refractivity contribution in [2.24, 2.45) is 5.73 Å². The number of hydrogen-bond donors (Lipinski definition) is 1. The molecule has 1 rings (SSSR count). The Kier molecular flexibility index (Phi) is 5.31. The molecule has 2 N–H and O–H groups in total. The van der Waals surface area contributed by atoms with Crippen molar-refractivity contribution in [3.05, 3.63) is 17.0 Å². The fourth-order valence-corrected chi connectivity index (χ4v) is 2.33. The van der Waals surface area contributed by atoms with E-state index in [1.54, 1.807) is 13.8 Å². The molecule has 0 aromatic carbocycles. The number of rotatable bonds is 5. The lowest BCUT2D eigenvalue weighted by atomic mass is 10.1. The molecule has 1 aromatic heterocycles. The summed E-state index contributed by atoms with van der Waals surface area (Å²) in [5.41, 5.74) is 7.90. The molecule has 0 aliphatic rings. The molecule has 0 aliphatic carbocycles. The van der Waals surface area contributed by atoms with Gasteiger partial charge in [-0.15, -0.1) is 0 Å². The van der Waals surface area contributed by atoms with E-state index in [4.69, 9.17) is 10.5 Å². The maximum Gasteiger partial charge on any atom is 0.326 e. The number of aryl methyl sites for hydroxylation is 2. The van der Waals surface area contributed by atoms with Crippen LogP contribution in [0.3, 0.4) is 0 Å². The molecular formula is C13H21N3O2S. The first kappa shape index (κ1) is 15.9. The van der Waals surface area contributed by atoms with Crippen LogP contribution in [0.4, 0.5) is 0 Å². The van der Waals surface area contributed by atoms with Gasteiger partial charge in [0.15, 0.2) is 5.16 Å². The molecule has 1 aromatic rings. The van der Waals surface area contributed by atoms with Crippen molar-refractivity contribution in [3.63, 3.8) is 0 Å². The topological polar surface area (TPSA) is 78.1 Å². The average molecular weight is 283 g/mol. The summed E-state index contributed by atoms with van der Waals surface area (Å²) in [7, 11) is 0. The summed E-state index contributed by atoms with van der Waals surface area (Å²) in [6.07, 6.45) is 0. The van der Waals surface area contributed by atoms with E-state index in [0.29, 0.717) is 17.5 Å². The Hall–Kier alpha value is -1.14. The maximum absolute atomic E-state index is 11.7. The van der Waals surface area contributed by atoms with Gasteiger partial charge in [-0.25, -0.2) is 9.97 Å². The lowest BCUT2D eigenvalue weighted by molar-refractivity contribution is -0.148. The number of nitrogens with zero attached hydrogens (tertiary/aromatic N) is 2. The van der Waals surface area contributed by atoms with Crippen molar-refractivity contribution < 1.29 is 9.53 Å². The van der Waals surface area contributed by atoms with Gasteiger partial charge in [-0.2, -0.15) is 0 Å². The van der Waals surface area contributed by atoms with Gasteiger partial charge < -0.3 is 10.5 Å². The molecule has 0 fully saturated rings. The first-order valence-electron chi connectivity index (χ1n) is 6.18. The SMILES string of the molecule is CCOC(=O)C(C)(N)CSc1nc(C)c(C)c(C)n1. The average Bonchev–Trinajstić information content (AvgIpc) is 2.33. The Morgan fingerprint density at radius 1 is 1.32 bits per heavy atom. The third-order valence-electron chi connectivity index (χ3n) is 2.85. The zero-order chi connectivity index (χ0) is 14.6. The van der Waals surface area contributed by atoms with E-state index in [2.05, 4.69) is 9.97 Å². The molecule has 1 heterocycles. The summed E-state index contributed by atoms with van der Waals surface area (Å²) < 4.78 is 4.94. The van der Waals surface area contributed by atoms with Crippen molar-refractivity contribution in [1.82, 2.24) is 9.97 Å². The van der Waals surface area contributed by atoms with Gasteiger partial charge in [0.25, 0.3) is 0 Å². The molecule has 0 bridgehead atoms. The number of aromatic nitrogens is 2.